The Bertz CT molecular complexity index is 547. The van der Waals surface area contributed by atoms with Crippen LogP contribution in [0.4, 0.5) is 5.69 Å². The fourth-order valence-electron chi connectivity index (χ4n) is 1.70. The number of hydrogen-bond donors (Lipinski definition) is 1. The van der Waals surface area contributed by atoms with Gasteiger partial charge >= 0.3 is 0 Å². The lowest BCUT2D eigenvalue weighted by molar-refractivity contribution is 0.282. The van der Waals surface area contributed by atoms with Crippen molar-refractivity contribution in [2.75, 3.05) is 6.61 Å². The maximum Gasteiger partial charge on any atom is 0.119 e. The summed E-state index contributed by atoms with van der Waals surface area (Å²) in [6.45, 7) is 2.66. The van der Waals surface area contributed by atoms with Gasteiger partial charge in [-0.25, -0.2) is 0 Å². The maximum atomic E-state index is 9.06. The van der Waals surface area contributed by atoms with E-state index in [2.05, 4.69) is 4.99 Å². The Hall–Kier alpha value is -2.13. The summed E-state index contributed by atoms with van der Waals surface area (Å²) in [5.41, 5.74) is 2.71. The number of ether oxygens (including phenoxy) is 1. The van der Waals surface area contributed by atoms with Crippen LogP contribution in [0.25, 0.3) is 0 Å². The van der Waals surface area contributed by atoms with Gasteiger partial charge in [0.05, 0.1) is 18.9 Å². The topological polar surface area (TPSA) is 41.8 Å². The Morgan fingerprint density at radius 2 is 1.95 bits per heavy atom. The van der Waals surface area contributed by atoms with E-state index in [-0.39, 0.29) is 6.61 Å². The molecule has 0 amide bonds. The van der Waals surface area contributed by atoms with Gasteiger partial charge in [-0.15, -0.1) is 0 Å². The van der Waals surface area contributed by atoms with Gasteiger partial charge in [0.2, 0.25) is 0 Å². The zero-order valence-corrected chi connectivity index (χ0v) is 10.9. The molecule has 98 valence electrons. The van der Waals surface area contributed by atoms with Gasteiger partial charge in [-0.05, 0) is 54.4 Å². The Kier molecular flexibility index (Phi) is 4.70. The first-order valence-electron chi connectivity index (χ1n) is 6.28. The molecule has 2 aromatic carbocycles. The maximum absolute atomic E-state index is 9.06. The lowest BCUT2D eigenvalue weighted by Crippen LogP contribution is -1.91. The second kappa shape index (κ2) is 6.71. The third kappa shape index (κ3) is 3.93. The number of benzene rings is 2. The first kappa shape index (κ1) is 13.3. The van der Waals surface area contributed by atoms with Crippen LogP contribution in [0.5, 0.6) is 5.75 Å². The number of nitrogens with zero attached hydrogens (tertiary/aromatic N) is 1. The number of aliphatic hydroxyl groups excluding tert-OH is 1. The average molecular weight is 255 g/mol. The predicted molar refractivity (Wildman–Crippen MR) is 77.2 cm³/mol. The number of aliphatic imine (C=N–C) groups is 1. The largest absolute Gasteiger partial charge is 0.494 e. The average Bonchev–Trinajstić information content (AvgIpc) is 2.47. The van der Waals surface area contributed by atoms with Crippen LogP contribution in [0, 0.1) is 0 Å². The highest BCUT2D eigenvalue weighted by atomic mass is 16.5. The van der Waals surface area contributed by atoms with E-state index in [0.717, 1.165) is 22.6 Å². The first-order valence-corrected chi connectivity index (χ1v) is 6.28. The van der Waals surface area contributed by atoms with Crippen LogP contribution in [0.1, 0.15) is 18.1 Å². The van der Waals surface area contributed by atoms with Crippen LogP contribution in [0.15, 0.2) is 53.5 Å². The molecule has 0 aliphatic rings. The van der Waals surface area contributed by atoms with E-state index in [0.29, 0.717) is 6.61 Å². The zero-order chi connectivity index (χ0) is 13.5. The van der Waals surface area contributed by atoms with E-state index in [1.54, 1.807) is 6.21 Å². The minimum atomic E-state index is 0.0341. The summed E-state index contributed by atoms with van der Waals surface area (Å²) in [7, 11) is 0. The van der Waals surface area contributed by atoms with E-state index in [4.69, 9.17) is 9.84 Å². The molecule has 2 aromatic rings. The SMILES string of the molecule is CCOc1ccc(C=Nc2cccc(CO)c2)cc1. The van der Waals surface area contributed by atoms with Crippen molar-refractivity contribution in [2.45, 2.75) is 13.5 Å². The van der Waals surface area contributed by atoms with Gasteiger partial charge in [0.25, 0.3) is 0 Å². The highest BCUT2D eigenvalue weighted by molar-refractivity contribution is 5.82. The van der Waals surface area contributed by atoms with Crippen LogP contribution in [-0.4, -0.2) is 17.9 Å². The van der Waals surface area contributed by atoms with Gasteiger partial charge in [0.1, 0.15) is 5.75 Å². The van der Waals surface area contributed by atoms with Gasteiger partial charge in [0.15, 0.2) is 0 Å². The minimum Gasteiger partial charge on any atom is -0.494 e. The highest BCUT2D eigenvalue weighted by Gasteiger charge is 1.94. The molecule has 0 aromatic heterocycles. The summed E-state index contributed by atoms with van der Waals surface area (Å²) < 4.78 is 5.38. The van der Waals surface area contributed by atoms with Crippen molar-refractivity contribution in [3.63, 3.8) is 0 Å². The summed E-state index contributed by atoms with van der Waals surface area (Å²) >= 11 is 0. The van der Waals surface area contributed by atoms with Crippen LogP contribution in [0.2, 0.25) is 0 Å². The molecule has 0 saturated heterocycles. The van der Waals surface area contributed by atoms with Gasteiger partial charge in [0, 0.05) is 6.21 Å². The van der Waals surface area contributed by atoms with Crippen LogP contribution in [-0.2, 0) is 6.61 Å². The zero-order valence-electron chi connectivity index (χ0n) is 10.9. The minimum absolute atomic E-state index is 0.0341. The second-order valence-electron chi connectivity index (χ2n) is 4.09. The standard InChI is InChI=1S/C16H17NO2/c1-2-19-16-8-6-13(7-9-16)11-17-15-5-3-4-14(10-15)12-18/h3-11,18H,2,12H2,1H3. The monoisotopic (exact) mass is 255 g/mol. The third-order valence-corrected chi connectivity index (χ3v) is 2.65. The molecular weight excluding hydrogens is 238 g/mol. The van der Waals surface area contributed by atoms with Crippen LogP contribution in [0.3, 0.4) is 0 Å². The third-order valence-electron chi connectivity index (χ3n) is 2.65. The Morgan fingerprint density at radius 3 is 2.63 bits per heavy atom. The molecule has 0 atom stereocenters. The lowest BCUT2D eigenvalue weighted by atomic mass is 10.2. The van der Waals surface area contributed by atoms with Crippen molar-refractivity contribution < 1.29 is 9.84 Å². The molecule has 0 fully saturated rings. The lowest BCUT2D eigenvalue weighted by Gasteiger charge is -2.02. The smallest absolute Gasteiger partial charge is 0.119 e. The summed E-state index contributed by atoms with van der Waals surface area (Å²) in [5, 5.41) is 9.06. The van der Waals surface area contributed by atoms with Crippen molar-refractivity contribution in [1.29, 1.82) is 0 Å². The molecule has 0 aliphatic carbocycles. The van der Waals surface area contributed by atoms with Gasteiger partial charge in [-0.3, -0.25) is 4.99 Å². The van der Waals surface area contributed by atoms with Gasteiger partial charge in [-0.1, -0.05) is 12.1 Å². The molecule has 3 nitrogen and oxygen atoms in total. The molecule has 19 heavy (non-hydrogen) atoms. The summed E-state index contributed by atoms with van der Waals surface area (Å²) in [5.74, 6) is 0.863. The molecule has 1 N–H and O–H groups in total. The fraction of sp³-hybridized carbons (Fsp3) is 0.188. The number of rotatable bonds is 5. The highest BCUT2D eigenvalue weighted by Crippen LogP contribution is 2.15. The quantitative estimate of drug-likeness (QED) is 0.833. The summed E-state index contributed by atoms with van der Waals surface area (Å²) in [6.07, 6.45) is 1.80. The predicted octanol–water partition coefficient (Wildman–Crippen LogP) is 3.33. The number of aliphatic hydroxyl groups is 1. The molecule has 0 bridgehead atoms. The van der Waals surface area contributed by atoms with Crippen molar-refractivity contribution in [3.8, 4) is 5.75 Å². The van der Waals surface area contributed by atoms with Crippen molar-refractivity contribution in [3.05, 3.63) is 59.7 Å². The Balaban J connectivity index is 2.08. The van der Waals surface area contributed by atoms with Crippen LogP contribution >= 0.6 is 0 Å². The van der Waals surface area contributed by atoms with E-state index in [1.165, 1.54) is 0 Å². The van der Waals surface area contributed by atoms with E-state index in [9.17, 15) is 0 Å². The van der Waals surface area contributed by atoms with Gasteiger partial charge < -0.3 is 9.84 Å². The molecule has 0 unspecified atom stereocenters. The van der Waals surface area contributed by atoms with E-state index in [1.807, 2.05) is 55.5 Å². The molecule has 0 radical (unpaired) electrons. The van der Waals surface area contributed by atoms with Crippen molar-refractivity contribution in [1.82, 2.24) is 0 Å². The molecule has 2 rings (SSSR count). The van der Waals surface area contributed by atoms with Gasteiger partial charge in [-0.2, -0.15) is 0 Å². The first-order chi connectivity index (χ1) is 9.31. The fourth-order valence-corrected chi connectivity index (χ4v) is 1.70. The van der Waals surface area contributed by atoms with Crippen molar-refractivity contribution in [2.24, 2.45) is 4.99 Å². The number of hydrogen-bond acceptors (Lipinski definition) is 3. The summed E-state index contributed by atoms with van der Waals surface area (Å²) in [6, 6.07) is 15.3. The molecule has 3 heteroatoms. The Morgan fingerprint density at radius 1 is 1.16 bits per heavy atom. The second-order valence-corrected chi connectivity index (χ2v) is 4.09. The normalized spacial score (nSPS) is 10.8. The molecule has 0 spiro atoms. The molecular formula is C16H17NO2. The molecule has 0 aliphatic heterocycles. The van der Waals surface area contributed by atoms with E-state index < -0.39 is 0 Å². The molecule has 0 heterocycles. The van der Waals surface area contributed by atoms with E-state index >= 15 is 0 Å². The Labute approximate surface area is 113 Å². The van der Waals surface area contributed by atoms with Crippen LogP contribution < -0.4 is 4.74 Å². The van der Waals surface area contributed by atoms with Crippen molar-refractivity contribution >= 4 is 11.9 Å². The summed E-state index contributed by atoms with van der Waals surface area (Å²) in [4.78, 5) is 4.38. The molecule has 0 saturated carbocycles.